The molecule has 6 nitrogen and oxygen atoms in total. The smallest absolute Gasteiger partial charge is 0.190 e. The van der Waals surface area contributed by atoms with Crippen molar-refractivity contribution in [2.75, 3.05) is 37.6 Å². The lowest BCUT2D eigenvalue weighted by Crippen LogP contribution is -2.46. The third-order valence-electron chi connectivity index (χ3n) is 3.30. The molecular weight excluding hydrogens is 230 g/mol. The zero-order valence-corrected chi connectivity index (χ0v) is 10.6. The Kier molecular flexibility index (Phi) is 3.99. The Labute approximate surface area is 107 Å². The summed E-state index contributed by atoms with van der Waals surface area (Å²) in [5, 5.41) is 11.8. The highest BCUT2D eigenvalue weighted by Crippen LogP contribution is 2.19. The standard InChI is InChI=1S/C12H19N5O/c1-2-16-6-8-17(9-7-16)10-4-3-5-14-11(10)12(13)15-18/h3-5,18H,2,6-9H2,1H3,(H2,13,15). The van der Waals surface area contributed by atoms with E-state index in [9.17, 15) is 0 Å². The number of pyridine rings is 1. The van der Waals surface area contributed by atoms with Gasteiger partial charge in [0.1, 0.15) is 5.69 Å². The lowest BCUT2D eigenvalue weighted by Gasteiger charge is -2.36. The van der Waals surface area contributed by atoms with Crippen molar-refractivity contribution in [3.05, 3.63) is 24.0 Å². The van der Waals surface area contributed by atoms with E-state index in [1.807, 2.05) is 12.1 Å². The number of anilines is 1. The number of piperazine rings is 1. The molecule has 6 heteroatoms. The van der Waals surface area contributed by atoms with Crippen molar-refractivity contribution in [3.63, 3.8) is 0 Å². The van der Waals surface area contributed by atoms with Crippen molar-refractivity contribution in [2.45, 2.75) is 6.92 Å². The number of amidine groups is 1. The van der Waals surface area contributed by atoms with Gasteiger partial charge in [-0.25, -0.2) is 0 Å². The monoisotopic (exact) mass is 249 g/mol. The van der Waals surface area contributed by atoms with Gasteiger partial charge in [-0.1, -0.05) is 12.1 Å². The van der Waals surface area contributed by atoms with Crippen molar-refractivity contribution >= 4 is 11.5 Å². The molecule has 2 rings (SSSR count). The van der Waals surface area contributed by atoms with Crippen molar-refractivity contribution in [1.82, 2.24) is 9.88 Å². The van der Waals surface area contributed by atoms with Crippen LogP contribution in [0.5, 0.6) is 0 Å². The average molecular weight is 249 g/mol. The molecule has 0 aromatic carbocycles. The Bertz CT molecular complexity index is 426. The van der Waals surface area contributed by atoms with Gasteiger partial charge in [-0.2, -0.15) is 0 Å². The first-order chi connectivity index (χ1) is 8.76. The number of nitrogens with two attached hydrogens (primary N) is 1. The molecule has 1 aromatic rings. The highest BCUT2D eigenvalue weighted by atomic mass is 16.4. The summed E-state index contributed by atoms with van der Waals surface area (Å²) < 4.78 is 0. The Morgan fingerprint density at radius 1 is 1.44 bits per heavy atom. The van der Waals surface area contributed by atoms with Crippen molar-refractivity contribution in [1.29, 1.82) is 0 Å². The quantitative estimate of drug-likeness (QED) is 0.349. The van der Waals surface area contributed by atoms with E-state index in [1.165, 1.54) is 0 Å². The van der Waals surface area contributed by atoms with Crippen molar-refractivity contribution < 1.29 is 5.21 Å². The second kappa shape index (κ2) is 5.68. The van der Waals surface area contributed by atoms with Crippen LogP contribution in [0.4, 0.5) is 5.69 Å². The number of aromatic nitrogens is 1. The Balaban J connectivity index is 2.19. The Morgan fingerprint density at radius 3 is 2.78 bits per heavy atom. The summed E-state index contributed by atoms with van der Waals surface area (Å²) in [6, 6.07) is 3.83. The second-order valence-corrected chi connectivity index (χ2v) is 4.28. The molecule has 1 aliphatic heterocycles. The van der Waals surface area contributed by atoms with E-state index in [0.29, 0.717) is 5.69 Å². The molecule has 3 N–H and O–H groups in total. The Morgan fingerprint density at radius 2 is 2.17 bits per heavy atom. The molecule has 0 bridgehead atoms. The van der Waals surface area contributed by atoms with Crippen molar-refractivity contribution in [3.8, 4) is 0 Å². The first-order valence-corrected chi connectivity index (χ1v) is 6.16. The molecular formula is C12H19N5O. The predicted molar refractivity (Wildman–Crippen MR) is 71.1 cm³/mol. The van der Waals surface area contributed by atoms with E-state index in [4.69, 9.17) is 10.9 Å². The molecule has 1 fully saturated rings. The van der Waals surface area contributed by atoms with Gasteiger partial charge in [-0.3, -0.25) is 4.98 Å². The summed E-state index contributed by atoms with van der Waals surface area (Å²) in [5.41, 5.74) is 7.14. The topological polar surface area (TPSA) is 78.0 Å². The normalized spacial score (nSPS) is 18.1. The largest absolute Gasteiger partial charge is 0.409 e. The summed E-state index contributed by atoms with van der Waals surface area (Å²) in [6.45, 7) is 7.17. The fraction of sp³-hybridized carbons (Fsp3) is 0.500. The van der Waals surface area contributed by atoms with E-state index in [2.05, 4.69) is 26.9 Å². The number of oxime groups is 1. The molecule has 1 aliphatic rings. The number of rotatable bonds is 3. The van der Waals surface area contributed by atoms with Gasteiger partial charge in [0.2, 0.25) is 0 Å². The highest BCUT2D eigenvalue weighted by molar-refractivity contribution is 6.00. The van der Waals surface area contributed by atoms with Crippen LogP contribution in [0.1, 0.15) is 12.6 Å². The molecule has 0 aliphatic carbocycles. The van der Waals surface area contributed by atoms with Gasteiger partial charge in [-0.15, -0.1) is 0 Å². The van der Waals surface area contributed by atoms with E-state index < -0.39 is 0 Å². The molecule has 0 radical (unpaired) electrons. The summed E-state index contributed by atoms with van der Waals surface area (Å²) in [7, 11) is 0. The van der Waals surface area contributed by atoms with Crippen LogP contribution < -0.4 is 10.6 Å². The van der Waals surface area contributed by atoms with Gasteiger partial charge in [0.25, 0.3) is 0 Å². The molecule has 1 aromatic heterocycles. The average Bonchev–Trinajstić information content (AvgIpc) is 2.46. The van der Waals surface area contributed by atoms with E-state index in [0.717, 1.165) is 38.4 Å². The Hall–Kier alpha value is -1.82. The summed E-state index contributed by atoms with van der Waals surface area (Å²) in [5.74, 6) is 0.0588. The highest BCUT2D eigenvalue weighted by Gasteiger charge is 2.19. The second-order valence-electron chi connectivity index (χ2n) is 4.28. The molecule has 2 heterocycles. The molecule has 18 heavy (non-hydrogen) atoms. The molecule has 0 amide bonds. The van der Waals surface area contributed by atoms with Crippen LogP contribution in [-0.2, 0) is 0 Å². The van der Waals surface area contributed by atoms with E-state index in [1.54, 1.807) is 6.20 Å². The minimum Gasteiger partial charge on any atom is -0.409 e. The molecule has 0 atom stereocenters. The maximum atomic E-state index is 8.79. The molecule has 0 unspecified atom stereocenters. The lowest BCUT2D eigenvalue weighted by molar-refractivity contribution is 0.271. The minimum absolute atomic E-state index is 0.0588. The first-order valence-electron chi connectivity index (χ1n) is 6.16. The van der Waals surface area contributed by atoms with E-state index in [-0.39, 0.29) is 5.84 Å². The van der Waals surface area contributed by atoms with Gasteiger partial charge in [0, 0.05) is 32.4 Å². The third-order valence-corrected chi connectivity index (χ3v) is 3.30. The molecule has 0 spiro atoms. The van der Waals surface area contributed by atoms with Crippen LogP contribution in [0, 0.1) is 0 Å². The molecule has 1 saturated heterocycles. The predicted octanol–water partition coefficient (Wildman–Crippen LogP) is 0.318. The van der Waals surface area contributed by atoms with Crippen LogP contribution in [0.2, 0.25) is 0 Å². The van der Waals surface area contributed by atoms with Crippen LogP contribution in [0.15, 0.2) is 23.5 Å². The fourth-order valence-corrected chi connectivity index (χ4v) is 2.20. The molecule has 98 valence electrons. The first kappa shape index (κ1) is 12.6. The fourth-order valence-electron chi connectivity index (χ4n) is 2.20. The minimum atomic E-state index is 0.0588. The number of hydrogen-bond acceptors (Lipinski definition) is 5. The maximum Gasteiger partial charge on any atom is 0.190 e. The number of likely N-dealkylation sites (N-methyl/N-ethyl adjacent to an activating group) is 1. The van der Waals surface area contributed by atoms with Crippen molar-refractivity contribution in [2.24, 2.45) is 10.9 Å². The van der Waals surface area contributed by atoms with Gasteiger partial charge < -0.3 is 20.7 Å². The zero-order valence-electron chi connectivity index (χ0n) is 10.6. The van der Waals surface area contributed by atoms with Gasteiger partial charge in [0.15, 0.2) is 5.84 Å². The summed E-state index contributed by atoms with van der Waals surface area (Å²) in [6.07, 6.45) is 1.65. The van der Waals surface area contributed by atoms with Crippen LogP contribution >= 0.6 is 0 Å². The van der Waals surface area contributed by atoms with Gasteiger partial charge in [-0.05, 0) is 18.7 Å². The summed E-state index contributed by atoms with van der Waals surface area (Å²) in [4.78, 5) is 8.82. The van der Waals surface area contributed by atoms with Crippen LogP contribution in [0.3, 0.4) is 0 Å². The molecule has 0 saturated carbocycles. The zero-order chi connectivity index (χ0) is 13.0. The number of hydrogen-bond donors (Lipinski definition) is 2. The lowest BCUT2D eigenvalue weighted by atomic mass is 10.2. The SMILES string of the molecule is CCN1CCN(c2cccnc2/C(N)=N/O)CC1. The number of nitrogens with zero attached hydrogens (tertiary/aromatic N) is 4. The van der Waals surface area contributed by atoms with E-state index >= 15 is 0 Å². The van der Waals surface area contributed by atoms with Gasteiger partial charge in [0.05, 0.1) is 5.69 Å². The summed E-state index contributed by atoms with van der Waals surface area (Å²) >= 11 is 0. The third kappa shape index (κ3) is 2.53. The maximum absolute atomic E-state index is 8.79. The van der Waals surface area contributed by atoms with Gasteiger partial charge >= 0.3 is 0 Å². The van der Waals surface area contributed by atoms with Crippen LogP contribution in [0.25, 0.3) is 0 Å². The van der Waals surface area contributed by atoms with Crippen LogP contribution in [-0.4, -0.2) is 53.7 Å².